The van der Waals surface area contributed by atoms with Crippen LogP contribution in [0.3, 0.4) is 0 Å². The van der Waals surface area contributed by atoms with Crippen molar-refractivity contribution in [1.82, 2.24) is 4.98 Å². The van der Waals surface area contributed by atoms with E-state index < -0.39 is 11.9 Å². The number of aromatic carboxylic acids is 1. The molecule has 2 rings (SSSR count). The number of hydrogen-bond acceptors (Lipinski definition) is 4. The topological polar surface area (TPSA) is 88.5 Å². The number of carboxylic acids is 1. The number of halogens is 1. The molecule has 1 amide bonds. The maximum Gasteiger partial charge on any atom is 0.337 e. The predicted octanol–water partition coefficient (Wildman–Crippen LogP) is 2.69. The molecule has 1 aromatic carbocycles. The second kappa shape index (κ2) is 6.23. The second-order valence-corrected chi connectivity index (χ2v) is 4.46. The minimum absolute atomic E-state index is 0.0936. The number of nitrogens with one attached hydrogen (secondary N) is 1. The molecule has 0 aliphatic rings. The Morgan fingerprint density at radius 3 is 2.71 bits per heavy atom. The summed E-state index contributed by atoms with van der Waals surface area (Å²) in [6.07, 6.45) is 2.84. The number of carbonyl (C=O) groups is 2. The Morgan fingerprint density at radius 2 is 2.05 bits per heavy atom. The van der Waals surface area contributed by atoms with Gasteiger partial charge in [0, 0.05) is 11.2 Å². The third kappa shape index (κ3) is 3.29. The van der Waals surface area contributed by atoms with Crippen molar-refractivity contribution in [2.45, 2.75) is 0 Å². The van der Waals surface area contributed by atoms with Crippen LogP contribution in [0.1, 0.15) is 20.7 Å². The standard InChI is InChI=1S/C14H11ClN2O4/c1-21-12-7-16-5-4-9(12)13(18)17-11-3-2-8(15)6-10(11)14(19)20/h2-7H,1H3,(H,17,18)(H,19,20). The zero-order chi connectivity index (χ0) is 15.4. The lowest BCUT2D eigenvalue weighted by Gasteiger charge is -2.10. The molecular formula is C14H11ClN2O4. The highest BCUT2D eigenvalue weighted by Gasteiger charge is 2.16. The summed E-state index contributed by atoms with van der Waals surface area (Å²) >= 11 is 5.76. The number of rotatable bonds is 4. The van der Waals surface area contributed by atoms with Gasteiger partial charge in [0.25, 0.3) is 5.91 Å². The van der Waals surface area contributed by atoms with Gasteiger partial charge in [0.1, 0.15) is 5.75 Å². The average molecular weight is 307 g/mol. The number of amides is 1. The van der Waals surface area contributed by atoms with E-state index in [4.69, 9.17) is 21.4 Å². The van der Waals surface area contributed by atoms with Crippen molar-refractivity contribution >= 4 is 29.2 Å². The number of carboxylic acid groups (broad SMARTS) is 1. The number of nitrogens with zero attached hydrogens (tertiary/aromatic N) is 1. The Morgan fingerprint density at radius 1 is 1.29 bits per heavy atom. The summed E-state index contributed by atoms with van der Waals surface area (Å²) in [5.41, 5.74) is 0.304. The summed E-state index contributed by atoms with van der Waals surface area (Å²) in [6.45, 7) is 0. The van der Waals surface area contributed by atoms with Crippen LogP contribution in [-0.2, 0) is 0 Å². The van der Waals surface area contributed by atoms with Crippen LogP contribution in [0.25, 0.3) is 0 Å². The van der Waals surface area contributed by atoms with Gasteiger partial charge in [-0.3, -0.25) is 9.78 Å². The molecule has 0 unspecified atom stereocenters. The number of ether oxygens (including phenoxy) is 1. The lowest BCUT2D eigenvalue weighted by atomic mass is 10.1. The normalized spacial score (nSPS) is 10.0. The van der Waals surface area contributed by atoms with Crippen LogP contribution in [0.2, 0.25) is 5.02 Å². The molecule has 0 aliphatic carbocycles. The van der Waals surface area contributed by atoms with Gasteiger partial charge in [0.05, 0.1) is 30.1 Å². The van der Waals surface area contributed by atoms with E-state index in [1.807, 2.05) is 0 Å². The molecule has 108 valence electrons. The van der Waals surface area contributed by atoms with Crippen molar-refractivity contribution in [3.8, 4) is 5.75 Å². The molecule has 0 bridgehead atoms. The average Bonchev–Trinajstić information content (AvgIpc) is 2.48. The first-order valence-corrected chi connectivity index (χ1v) is 6.23. The number of pyridine rings is 1. The van der Waals surface area contributed by atoms with Gasteiger partial charge in [0.2, 0.25) is 0 Å². The fourth-order valence-electron chi connectivity index (χ4n) is 1.72. The summed E-state index contributed by atoms with van der Waals surface area (Å²) in [7, 11) is 1.42. The number of methoxy groups -OCH3 is 1. The molecule has 0 fully saturated rings. The van der Waals surface area contributed by atoms with Crippen molar-refractivity contribution in [1.29, 1.82) is 0 Å². The predicted molar refractivity (Wildman–Crippen MR) is 77.2 cm³/mol. The van der Waals surface area contributed by atoms with Gasteiger partial charge in [0.15, 0.2) is 0 Å². The van der Waals surface area contributed by atoms with Gasteiger partial charge >= 0.3 is 5.97 Å². The molecule has 2 aromatic rings. The smallest absolute Gasteiger partial charge is 0.337 e. The quantitative estimate of drug-likeness (QED) is 0.906. The fourth-order valence-corrected chi connectivity index (χ4v) is 1.89. The van der Waals surface area contributed by atoms with Gasteiger partial charge in [-0.2, -0.15) is 0 Å². The van der Waals surface area contributed by atoms with Crippen LogP contribution in [0.5, 0.6) is 5.75 Å². The molecule has 0 aliphatic heterocycles. The fraction of sp³-hybridized carbons (Fsp3) is 0.0714. The summed E-state index contributed by atoms with van der Waals surface area (Å²) in [5.74, 6) is -1.39. The number of carbonyl (C=O) groups excluding carboxylic acids is 1. The van der Waals surface area contributed by atoms with Gasteiger partial charge in [-0.1, -0.05) is 11.6 Å². The molecule has 0 atom stereocenters. The lowest BCUT2D eigenvalue weighted by molar-refractivity contribution is 0.0698. The molecule has 1 aromatic heterocycles. The third-order valence-corrected chi connectivity index (χ3v) is 2.94. The van der Waals surface area contributed by atoms with Crippen LogP contribution in [0, 0.1) is 0 Å². The number of hydrogen-bond donors (Lipinski definition) is 2. The van der Waals surface area contributed by atoms with Gasteiger partial charge in [-0.05, 0) is 24.3 Å². The van der Waals surface area contributed by atoms with Crippen molar-refractivity contribution in [3.63, 3.8) is 0 Å². The van der Waals surface area contributed by atoms with E-state index in [2.05, 4.69) is 10.3 Å². The number of benzene rings is 1. The third-order valence-electron chi connectivity index (χ3n) is 2.71. The van der Waals surface area contributed by atoms with Gasteiger partial charge < -0.3 is 15.2 Å². The summed E-state index contributed by atoms with van der Waals surface area (Å²) < 4.78 is 5.04. The zero-order valence-electron chi connectivity index (χ0n) is 11.0. The van der Waals surface area contributed by atoms with E-state index in [1.54, 1.807) is 0 Å². The van der Waals surface area contributed by atoms with E-state index >= 15 is 0 Å². The van der Waals surface area contributed by atoms with Crippen molar-refractivity contribution in [2.75, 3.05) is 12.4 Å². The van der Waals surface area contributed by atoms with E-state index in [0.717, 1.165) is 0 Å². The van der Waals surface area contributed by atoms with Crippen molar-refractivity contribution < 1.29 is 19.4 Å². The highest BCUT2D eigenvalue weighted by atomic mass is 35.5. The van der Waals surface area contributed by atoms with Crippen LogP contribution < -0.4 is 10.1 Å². The van der Waals surface area contributed by atoms with Crippen LogP contribution >= 0.6 is 11.6 Å². The van der Waals surface area contributed by atoms with Crippen molar-refractivity contribution in [3.05, 3.63) is 52.8 Å². The molecule has 2 N–H and O–H groups in total. The largest absolute Gasteiger partial charge is 0.494 e. The molecule has 1 heterocycles. The molecule has 21 heavy (non-hydrogen) atoms. The first-order valence-electron chi connectivity index (χ1n) is 5.85. The number of anilines is 1. The SMILES string of the molecule is COc1cnccc1C(=O)Nc1ccc(Cl)cc1C(=O)O. The number of aromatic nitrogens is 1. The first-order chi connectivity index (χ1) is 10.0. The molecule has 6 nitrogen and oxygen atoms in total. The summed E-state index contributed by atoms with van der Waals surface area (Å²) in [6, 6.07) is 5.67. The summed E-state index contributed by atoms with van der Waals surface area (Å²) in [5, 5.41) is 11.9. The van der Waals surface area contributed by atoms with E-state index in [0.29, 0.717) is 5.75 Å². The van der Waals surface area contributed by atoms with Crippen molar-refractivity contribution in [2.24, 2.45) is 0 Å². The molecule has 0 saturated carbocycles. The Balaban J connectivity index is 2.34. The first kappa shape index (κ1) is 14.8. The maximum atomic E-state index is 12.2. The Kier molecular flexibility index (Phi) is 4.39. The lowest BCUT2D eigenvalue weighted by Crippen LogP contribution is -2.15. The van der Waals surface area contributed by atoms with E-state index in [1.165, 1.54) is 43.8 Å². The van der Waals surface area contributed by atoms with Gasteiger partial charge in [-0.15, -0.1) is 0 Å². The van der Waals surface area contributed by atoms with E-state index in [9.17, 15) is 9.59 Å². The highest BCUT2D eigenvalue weighted by molar-refractivity contribution is 6.31. The molecule has 7 heteroatoms. The minimum Gasteiger partial charge on any atom is -0.494 e. The molecule has 0 saturated heterocycles. The van der Waals surface area contributed by atoms with Gasteiger partial charge in [-0.25, -0.2) is 4.79 Å². The van der Waals surface area contributed by atoms with Crippen LogP contribution in [0.15, 0.2) is 36.7 Å². The Hall–Kier alpha value is -2.60. The Bertz CT molecular complexity index is 703. The molecule has 0 radical (unpaired) electrons. The highest BCUT2D eigenvalue weighted by Crippen LogP contribution is 2.23. The summed E-state index contributed by atoms with van der Waals surface area (Å²) in [4.78, 5) is 27.2. The zero-order valence-corrected chi connectivity index (χ0v) is 11.7. The van der Waals surface area contributed by atoms with E-state index in [-0.39, 0.29) is 21.8 Å². The van der Waals surface area contributed by atoms with Crippen LogP contribution in [-0.4, -0.2) is 29.1 Å². The minimum atomic E-state index is -1.19. The van der Waals surface area contributed by atoms with Crippen LogP contribution in [0.4, 0.5) is 5.69 Å². The molecule has 0 spiro atoms. The molecular weight excluding hydrogens is 296 g/mol. The monoisotopic (exact) mass is 306 g/mol. The maximum absolute atomic E-state index is 12.2. The second-order valence-electron chi connectivity index (χ2n) is 4.03. The Labute approximate surface area is 125 Å².